The van der Waals surface area contributed by atoms with Gasteiger partial charge >= 0.3 is 0 Å². The van der Waals surface area contributed by atoms with E-state index >= 15 is 0 Å². The van der Waals surface area contributed by atoms with Crippen molar-refractivity contribution in [1.82, 2.24) is 4.72 Å². The molecule has 0 saturated carbocycles. The summed E-state index contributed by atoms with van der Waals surface area (Å²) in [6.07, 6.45) is 0.814. The van der Waals surface area contributed by atoms with Crippen molar-refractivity contribution in [2.75, 3.05) is 31.3 Å². The van der Waals surface area contributed by atoms with Crippen LogP contribution in [-0.2, 0) is 14.6 Å². The Morgan fingerprint density at radius 1 is 1.14 bits per heavy atom. The van der Waals surface area contributed by atoms with Crippen LogP contribution in [0.3, 0.4) is 0 Å². The van der Waals surface area contributed by atoms with Crippen molar-refractivity contribution >= 4 is 85.3 Å². The second-order valence-corrected chi connectivity index (χ2v) is 11.5. The van der Waals surface area contributed by atoms with E-state index in [1.54, 1.807) is 12.1 Å². The highest BCUT2D eigenvalue weighted by atomic mass is 127. The predicted octanol–water partition coefficient (Wildman–Crippen LogP) is 4.22. The third-order valence-corrected chi connectivity index (χ3v) is 9.59. The van der Waals surface area contributed by atoms with E-state index in [2.05, 4.69) is 4.72 Å². The maximum atomic E-state index is 12.5. The van der Waals surface area contributed by atoms with E-state index in [4.69, 9.17) is 37.6 Å². The van der Waals surface area contributed by atoms with Gasteiger partial charge in [-0.2, -0.15) is 0 Å². The van der Waals surface area contributed by atoms with Gasteiger partial charge < -0.3 is 14.4 Å². The molecule has 1 heterocycles. The number of ether oxygens (including phenoxy) is 2. The van der Waals surface area contributed by atoms with E-state index in [-0.39, 0.29) is 4.21 Å². The van der Waals surface area contributed by atoms with Crippen LogP contribution in [0.4, 0.5) is 0 Å². The van der Waals surface area contributed by atoms with Crippen LogP contribution in [0.1, 0.15) is 12.8 Å². The third-order valence-electron chi connectivity index (χ3n) is 3.39. The van der Waals surface area contributed by atoms with E-state index in [1.807, 2.05) is 22.6 Å². The van der Waals surface area contributed by atoms with Gasteiger partial charge in [-0.25, -0.2) is 13.1 Å². The monoisotopic (exact) mass is 601 g/mol. The SMILES string of the molecule is O=[PH](O)CNS(=O)(=O)c1sc2cc(OCCCCl)c(OCCCCl)cc2c1I. The Kier molecular flexibility index (Phi) is 10.1. The van der Waals surface area contributed by atoms with Gasteiger partial charge in [-0.05, 0) is 41.5 Å². The lowest BCUT2D eigenvalue weighted by molar-refractivity contribution is 0.270. The number of fused-ring (bicyclic) bond motifs is 1. The Morgan fingerprint density at radius 2 is 1.71 bits per heavy atom. The molecule has 0 spiro atoms. The zero-order valence-corrected chi connectivity index (χ0v) is 20.8. The topological polar surface area (TPSA) is 102 Å². The smallest absolute Gasteiger partial charge is 0.251 e. The van der Waals surface area contributed by atoms with Crippen LogP contribution in [0.25, 0.3) is 10.1 Å². The van der Waals surface area contributed by atoms with Gasteiger partial charge in [-0.1, -0.05) is 0 Å². The lowest BCUT2D eigenvalue weighted by Gasteiger charge is -2.12. The van der Waals surface area contributed by atoms with E-state index in [1.165, 1.54) is 0 Å². The molecule has 158 valence electrons. The first-order valence-corrected chi connectivity index (χ1v) is 14.2. The Morgan fingerprint density at radius 3 is 2.25 bits per heavy atom. The number of thiophene rings is 1. The van der Waals surface area contributed by atoms with Crippen molar-refractivity contribution in [1.29, 1.82) is 0 Å². The Hall–Kier alpha value is 0.190. The van der Waals surface area contributed by atoms with Crippen molar-refractivity contribution in [3.63, 3.8) is 0 Å². The van der Waals surface area contributed by atoms with Crippen molar-refractivity contribution in [3.8, 4) is 11.5 Å². The Labute approximate surface area is 191 Å². The number of benzene rings is 1. The van der Waals surface area contributed by atoms with Crippen LogP contribution in [0.5, 0.6) is 11.5 Å². The molecule has 1 unspecified atom stereocenters. The molecule has 7 nitrogen and oxygen atoms in total. The van der Waals surface area contributed by atoms with Gasteiger partial charge in [0.05, 0.1) is 23.1 Å². The molecule has 0 fully saturated rings. The summed E-state index contributed by atoms with van der Waals surface area (Å²) in [5.74, 6) is 1.93. The van der Waals surface area contributed by atoms with Crippen LogP contribution >= 0.6 is 65.2 Å². The highest BCUT2D eigenvalue weighted by Gasteiger charge is 2.24. The van der Waals surface area contributed by atoms with Gasteiger partial charge in [0.1, 0.15) is 4.21 Å². The summed E-state index contributed by atoms with van der Waals surface area (Å²) >= 11 is 14.4. The van der Waals surface area contributed by atoms with Crippen LogP contribution in [0, 0.1) is 3.57 Å². The minimum Gasteiger partial charge on any atom is -0.490 e. The number of rotatable bonds is 12. The van der Waals surface area contributed by atoms with Crippen LogP contribution in [0.2, 0.25) is 0 Å². The van der Waals surface area contributed by atoms with Crippen molar-refractivity contribution in [2.24, 2.45) is 0 Å². The zero-order valence-electron chi connectivity index (χ0n) is 14.5. The molecular formula is C15H19Cl2INO6PS2. The van der Waals surface area contributed by atoms with Crippen molar-refractivity contribution < 1.29 is 27.3 Å². The average molecular weight is 602 g/mol. The number of hydrogen-bond acceptors (Lipinski definition) is 6. The van der Waals surface area contributed by atoms with Crippen LogP contribution < -0.4 is 14.2 Å². The van der Waals surface area contributed by atoms with Gasteiger partial charge in [-0.3, -0.25) is 4.57 Å². The molecular weight excluding hydrogens is 583 g/mol. The Balaban J connectivity index is 2.43. The maximum absolute atomic E-state index is 12.5. The summed E-state index contributed by atoms with van der Waals surface area (Å²) in [5.41, 5.74) is 0. The summed E-state index contributed by atoms with van der Waals surface area (Å²) in [4.78, 5) is 8.92. The second-order valence-electron chi connectivity index (χ2n) is 5.50. The molecule has 0 bridgehead atoms. The summed E-state index contributed by atoms with van der Waals surface area (Å²) in [6, 6.07) is 3.48. The normalized spacial score (nSPS) is 13.0. The van der Waals surface area contributed by atoms with Gasteiger partial charge in [0.15, 0.2) is 11.5 Å². The van der Waals surface area contributed by atoms with E-state index in [0.717, 1.165) is 11.3 Å². The first kappa shape index (κ1) is 24.5. The summed E-state index contributed by atoms with van der Waals surface area (Å²) < 4.78 is 50.8. The lowest BCUT2D eigenvalue weighted by atomic mass is 10.2. The van der Waals surface area contributed by atoms with Gasteiger partial charge in [-0.15, -0.1) is 34.5 Å². The largest absolute Gasteiger partial charge is 0.490 e. The quantitative estimate of drug-likeness (QED) is 0.163. The first-order valence-electron chi connectivity index (χ1n) is 8.15. The zero-order chi connectivity index (χ0) is 20.7. The molecule has 0 saturated heterocycles. The number of hydrogen-bond donors (Lipinski definition) is 2. The second kappa shape index (κ2) is 11.5. The molecule has 0 aliphatic heterocycles. The summed E-state index contributed by atoms with van der Waals surface area (Å²) in [5, 5.41) is 0.702. The van der Waals surface area contributed by atoms with Gasteiger partial charge in [0.25, 0.3) is 10.0 Å². The lowest BCUT2D eigenvalue weighted by Crippen LogP contribution is -2.22. The predicted molar refractivity (Wildman–Crippen MR) is 123 cm³/mol. The fourth-order valence-corrected chi connectivity index (χ4v) is 7.65. The fraction of sp³-hybridized carbons (Fsp3) is 0.467. The molecule has 13 heteroatoms. The highest BCUT2D eigenvalue weighted by molar-refractivity contribution is 14.1. The summed E-state index contributed by atoms with van der Waals surface area (Å²) in [6.45, 7) is 0.805. The van der Waals surface area contributed by atoms with Crippen molar-refractivity contribution in [3.05, 3.63) is 15.7 Å². The standard InChI is InChI=1S/C15H19Cl2INO6PS2/c16-3-1-5-24-11-7-10-13(8-12(11)25-6-2-4-17)27-15(14(10)18)28(22,23)19-9-26(20)21/h7-8,19,26H,1-6,9H2,(H,20,21). The molecule has 2 N–H and O–H groups in total. The molecule has 1 atom stereocenters. The molecule has 0 amide bonds. The minimum atomic E-state index is -3.91. The van der Waals surface area contributed by atoms with Crippen molar-refractivity contribution in [2.45, 2.75) is 17.1 Å². The highest BCUT2D eigenvalue weighted by Crippen LogP contribution is 2.42. The molecule has 2 rings (SSSR count). The maximum Gasteiger partial charge on any atom is 0.251 e. The van der Waals surface area contributed by atoms with E-state index < -0.39 is 24.3 Å². The van der Waals surface area contributed by atoms with Crippen LogP contribution in [-0.4, -0.2) is 44.6 Å². The first-order chi connectivity index (χ1) is 13.3. The fourth-order valence-electron chi connectivity index (χ4n) is 2.15. The molecule has 0 aliphatic carbocycles. The number of alkyl halides is 2. The number of halogens is 3. The molecule has 0 radical (unpaired) electrons. The van der Waals surface area contributed by atoms with E-state index in [0.29, 0.717) is 63.0 Å². The Bertz CT molecular complexity index is 940. The number of nitrogens with one attached hydrogen (secondary N) is 1. The van der Waals surface area contributed by atoms with E-state index in [9.17, 15) is 13.0 Å². The molecule has 1 aromatic carbocycles. The summed E-state index contributed by atoms with van der Waals surface area (Å²) in [7, 11) is -6.86. The molecule has 28 heavy (non-hydrogen) atoms. The van der Waals surface area contributed by atoms with Gasteiger partial charge in [0.2, 0.25) is 8.03 Å². The molecule has 0 aliphatic rings. The minimum absolute atomic E-state index is 0.0796. The van der Waals surface area contributed by atoms with Crippen LogP contribution in [0.15, 0.2) is 16.3 Å². The third kappa shape index (κ3) is 6.60. The number of sulfonamides is 1. The molecule has 1 aromatic heterocycles. The van der Waals surface area contributed by atoms with Gasteiger partial charge in [0, 0.05) is 27.9 Å². The molecule has 2 aromatic rings. The average Bonchev–Trinajstić information content (AvgIpc) is 2.97.